The van der Waals surface area contributed by atoms with Crippen LogP contribution in [0.2, 0.25) is 0 Å². The van der Waals surface area contributed by atoms with E-state index >= 15 is 0 Å². The average molecular weight is 810 g/mol. The number of unbranched alkanes of at least 4 members (excludes halogenated alkanes) is 1. The predicted octanol–water partition coefficient (Wildman–Crippen LogP) is 3.14. The van der Waals surface area contributed by atoms with Crippen LogP contribution in [0.3, 0.4) is 0 Å². The molecule has 57 heavy (non-hydrogen) atoms. The van der Waals surface area contributed by atoms with E-state index in [2.05, 4.69) is 26.6 Å². The lowest BCUT2D eigenvalue weighted by molar-refractivity contribution is -0.135. The molecule has 0 saturated heterocycles. The Kier molecular flexibility index (Phi) is 41.2. The van der Waals surface area contributed by atoms with Crippen molar-refractivity contribution in [2.24, 2.45) is 0 Å². The molecule has 2 aromatic carbocycles. The molecule has 15 nitrogen and oxygen atoms in total. The second-order valence-electron chi connectivity index (χ2n) is 11.6. The standard InChI is InChI=1S/C36H51N5O10.6CH4/c42-16-20-50-18-8-7-14-29(44)25-38-35(48)30(22-27-10-3-1-4-11-27)40-32(45)24-33(46)41-31(23-28-12-5-2-6-13-28)36(49)39-26-34(47)37-15-9-19-51-21-17-43;;;;;;/h1-6,10-13,30-31,42-43H,7-9,14-26H2,(H,37,47)(H,38,48)(H,39,49)(H,40,45)(H,41,46);6*1H4. The van der Waals surface area contributed by atoms with Crippen LogP contribution in [0.15, 0.2) is 60.7 Å². The topological polar surface area (TPSA) is 221 Å². The maximum absolute atomic E-state index is 13.1. The van der Waals surface area contributed by atoms with Crippen molar-refractivity contribution in [2.75, 3.05) is 59.3 Å². The van der Waals surface area contributed by atoms with Crippen molar-refractivity contribution in [3.8, 4) is 0 Å². The number of Topliss-reactive ketones (excluding diaryl/α,β-unsaturated/α-hetero) is 1. The maximum atomic E-state index is 13.1. The van der Waals surface area contributed by atoms with E-state index in [1.807, 2.05) is 6.07 Å². The minimum Gasteiger partial charge on any atom is -0.394 e. The van der Waals surface area contributed by atoms with Crippen molar-refractivity contribution in [2.45, 2.75) is 102 Å². The van der Waals surface area contributed by atoms with E-state index in [9.17, 15) is 28.8 Å². The van der Waals surface area contributed by atoms with Crippen LogP contribution in [-0.2, 0) is 51.1 Å². The Morgan fingerprint density at radius 3 is 1.42 bits per heavy atom. The van der Waals surface area contributed by atoms with E-state index in [1.165, 1.54) is 0 Å². The summed E-state index contributed by atoms with van der Waals surface area (Å²) in [5.74, 6) is -3.39. The molecule has 0 aliphatic carbocycles. The number of benzene rings is 2. The number of hydrogen-bond donors (Lipinski definition) is 7. The highest BCUT2D eigenvalue weighted by molar-refractivity contribution is 6.01. The molecule has 2 aromatic rings. The molecule has 328 valence electrons. The smallest absolute Gasteiger partial charge is 0.243 e. The molecule has 0 radical (unpaired) electrons. The predicted molar refractivity (Wildman–Crippen MR) is 227 cm³/mol. The molecule has 0 bridgehead atoms. The first kappa shape index (κ1) is 61.5. The molecule has 0 aliphatic rings. The van der Waals surface area contributed by atoms with Crippen molar-refractivity contribution < 1.29 is 48.5 Å². The third kappa shape index (κ3) is 29.2. The van der Waals surface area contributed by atoms with Crippen LogP contribution in [0.5, 0.6) is 0 Å². The largest absolute Gasteiger partial charge is 0.394 e. The molecule has 2 unspecified atom stereocenters. The van der Waals surface area contributed by atoms with Gasteiger partial charge in [-0.15, -0.1) is 0 Å². The molecule has 7 N–H and O–H groups in total. The van der Waals surface area contributed by atoms with E-state index in [0.29, 0.717) is 39.0 Å². The van der Waals surface area contributed by atoms with Crippen LogP contribution in [0.25, 0.3) is 0 Å². The van der Waals surface area contributed by atoms with Crippen molar-refractivity contribution in [1.29, 1.82) is 0 Å². The molecule has 0 heterocycles. The molecule has 0 saturated carbocycles. The fourth-order valence-electron chi connectivity index (χ4n) is 4.77. The third-order valence-corrected chi connectivity index (χ3v) is 7.33. The quantitative estimate of drug-likeness (QED) is 0.0516. The van der Waals surface area contributed by atoms with Gasteiger partial charge in [0.1, 0.15) is 18.5 Å². The van der Waals surface area contributed by atoms with Crippen LogP contribution in [0.4, 0.5) is 0 Å². The van der Waals surface area contributed by atoms with Crippen molar-refractivity contribution in [3.63, 3.8) is 0 Å². The lowest BCUT2D eigenvalue weighted by Crippen LogP contribution is -2.52. The van der Waals surface area contributed by atoms with Gasteiger partial charge < -0.3 is 46.3 Å². The third-order valence-electron chi connectivity index (χ3n) is 7.33. The minimum atomic E-state index is -1.11. The number of ketones is 1. The molecule has 0 fully saturated rings. The zero-order chi connectivity index (χ0) is 37.1. The van der Waals surface area contributed by atoms with Gasteiger partial charge in [0.2, 0.25) is 29.5 Å². The second-order valence-corrected chi connectivity index (χ2v) is 11.6. The highest BCUT2D eigenvalue weighted by atomic mass is 16.5. The summed E-state index contributed by atoms with van der Waals surface area (Å²) in [5.41, 5.74) is 1.48. The summed E-state index contributed by atoms with van der Waals surface area (Å²) in [7, 11) is 0. The van der Waals surface area contributed by atoms with E-state index < -0.39 is 48.0 Å². The summed E-state index contributed by atoms with van der Waals surface area (Å²) in [4.78, 5) is 76.9. The van der Waals surface area contributed by atoms with E-state index in [0.717, 1.165) is 11.1 Å². The number of aliphatic hydroxyl groups excluding tert-OH is 2. The van der Waals surface area contributed by atoms with Gasteiger partial charge in [0.15, 0.2) is 5.78 Å². The molecule has 2 atom stereocenters. The van der Waals surface area contributed by atoms with Gasteiger partial charge in [0.05, 0.1) is 39.5 Å². The minimum absolute atomic E-state index is 0. The molecular weight excluding hydrogens is 734 g/mol. The molecule has 0 aliphatic heterocycles. The van der Waals surface area contributed by atoms with Gasteiger partial charge in [0, 0.05) is 39.0 Å². The van der Waals surface area contributed by atoms with E-state index in [4.69, 9.17) is 19.7 Å². The number of carbonyl (C=O) groups is 6. The fourth-order valence-corrected chi connectivity index (χ4v) is 4.77. The highest BCUT2D eigenvalue weighted by Crippen LogP contribution is 2.06. The summed E-state index contributed by atoms with van der Waals surface area (Å²) in [5, 5.41) is 30.4. The maximum Gasteiger partial charge on any atom is 0.243 e. The Bertz CT molecular complexity index is 1250. The zero-order valence-corrected chi connectivity index (χ0v) is 28.9. The van der Waals surface area contributed by atoms with Crippen LogP contribution < -0.4 is 26.6 Å². The number of hydrogen-bond acceptors (Lipinski definition) is 10. The van der Waals surface area contributed by atoms with Gasteiger partial charge in [-0.1, -0.05) is 105 Å². The van der Waals surface area contributed by atoms with Gasteiger partial charge in [-0.25, -0.2) is 0 Å². The van der Waals surface area contributed by atoms with Crippen LogP contribution in [0, 0.1) is 0 Å². The zero-order valence-electron chi connectivity index (χ0n) is 28.9. The van der Waals surface area contributed by atoms with Gasteiger partial charge in [-0.2, -0.15) is 0 Å². The van der Waals surface area contributed by atoms with Crippen molar-refractivity contribution in [3.05, 3.63) is 71.8 Å². The van der Waals surface area contributed by atoms with E-state index in [1.54, 1.807) is 54.6 Å². The molecule has 5 amide bonds. The van der Waals surface area contributed by atoms with Gasteiger partial charge >= 0.3 is 0 Å². The van der Waals surface area contributed by atoms with Crippen LogP contribution in [0.1, 0.15) is 87.8 Å². The average Bonchev–Trinajstić information content (AvgIpc) is 3.12. The molecule has 0 aromatic heterocycles. The van der Waals surface area contributed by atoms with Gasteiger partial charge in [-0.05, 0) is 30.4 Å². The van der Waals surface area contributed by atoms with Crippen molar-refractivity contribution in [1.82, 2.24) is 26.6 Å². The first-order chi connectivity index (χ1) is 24.7. The monoisotopic (exact) mass is 810 g/mol. The first-order valence-electron chi connectivity index (χ1n) is 17.1. The first-order valence-corrected chi connectivity index (χ1v) is 17.1. The molecule has 0 spiro atoms. The number of amides is 5. The number of carbonyl (C=O) groups excluding carboxylic acids is 6. The van der Waals surface area contributed by atoms with Gasteiger partial charge in [-0.3, -0.25) is 28.8 Å². The Hall–Kier alpha value is -4.70. The number of nitrogens with one attached hydrogen (secondary N) is 5. The van der Waals surface area contributed by atoms with Crippen LogP contribution in [-0.4, -0.2) is 117 Å². The number of aliphatic hydroxyl groups is 2. The Balaban J connectivity index is -0.00000150. The van der Waals surface area contributed by atoms with Crippen molar-refractivity contribution >= 4 is 35.3 Å². The Labute approximate surface area is 342 Å². The lowest BCUT2D eigenvalue weighted by atomic mass is 10.0. The summed E-state index contributed by atoms with van der Waals surface area (Å²) in [6.07, 6.45) is 1.43. The summed E-state index contributed by atoms with van der Waals surface area (Å²) in [6, 6.07) is 15.6. The number of ether oxygens (including phenoxy) is 2. The normalized spacial score (nSPS) is 10.6. The van der Waals surface area contributed by atoms with E-state index in [-0.39, 0.29) is 109 Å². The van der Waals surface area contributed by atoms with Crippen LogP contribution >= 0.6 is 0 Å². The lowest BCUT2D eigenvalue weighted by Gasteiger charge is -2.20. The van der Waals surface area contributed by atoms with Gasteiger partial charge in [0.25, 0.3) is 0 Å². The number of rotatable bonds is 27. The fraction of sp³-hybridized carbons (Fsp3) is 0.571. The molecular formula is C42H75N5O10. The Morgan fingerprint density at radius 1 is 0.526 bits per heavy atom. The molecule has 15 heteroatoms. The summed E-state index contributed by atoms with van der Waals surface area (Å²) >= 11 is 0. The SMILES string of the molecule is C.C.C.C.C.C.O=C(CCCCOCCO)CNC(=O)C(Cc1ccccc1)NC(=O)CC(=O)NC(Cc1ccccc1)C(=O)NCC(=O)NCCCOCCO. The summed E-state index contributed by atoms with van der Waals surface area (Å²) in [6.45, 7) is 0.780. The summed E-state index contributed by atoms with van der Waals surface area (Å²) < 4.78 is 10.3. The highest BCUT2D eigenvalue weighted by Gasteiger charge is 2.26. The Morgan fingerprint density at radius 2 is 0.965 bits per heavy atom. The molecule has 2 rings (SSSR count). The second kappa shape index (κ2) is 38.2.